The van der Waals surface area contributed by atoms with Crippen LogP contribution in [0.4, 0.5) is 0 Å². The molecular weight excluding hydrogens is 383 g/mol. The Labute approximate surface area is 166 Å². The van der Waals surface area contributed by atoms with Crippen molar-refractivity contribution in [2.45, 2.75) is 0 Å². The summed E-state index contributed by atoms with van der Waals surface area (Å²) in [5.41, 5.74) is 7.86. The van der Waals surface area contributed by atoms with Crippen LogP contribution in [0.25, 0.3) is 46.4 Å². The molecule has 0 aliphatic carbocycles. The largest absolute Gasteiger partial charge is 0.400 e. The van der Waals surface area contributed by atoms with Gasteiger partial charge in [-0.1, -0.05) is 0 Å². The van der Waals surface area contributed by atoms with E-state index in [1.54, 1.807) is 0 Å². The van der Waals surface area contributed by atoms with E-state index in [1.165, 1.54) is 0 Å². The molecule has 27 heavy (non-hydrogen) atoms. The summed E-state index contributed by atoms with van der Waals surface area (Å²) in [5, 5.41) is 7.00. The van der Waals surface area contributed by atoms with Gasteiger partial charge in [-0.2, -0.15) is 0 Å². The molecule has 3 aromatic heterocycles. The van der Waals surface area contributed by atoms with Gasteiger partial charge in [0.2, 0.25) is 0 Å². The number of hydrogen-bond acceptors (Lipinski definition) is 3. The van der Waals surface area contributed by atoms with Crippen LogP contribution < -0.4 is 0 Å². The Hall–Kier alpha value is -2.93. The molecule has 2 aliphatic heterocycles. The Balaban J connectivity index is 0.000000680. The Morgan fingerprint density at radius 3 is 1.07 bits per heavy atom. The molecule has 5 nitrogen and oxygen atoms in total. The van der Waals surface area contributed by atoms with E-state index in [-0.39, 0.29) is 16.8 Å². The van der Waals surface area contributed by atoms with E-state index in [0.29, 0.717) is 0 Å². The van der Waals surface area contributed by atoms with Gasteiger partial charge in [0, 0.05) is 46.0 Å². The van der Waals surface area contributed by atoms with Crippen LogP contribution in [-0.2, 0) is 16.8 Å². The first-order valence-electron chi connectivity index (χ1n) is 8.29. The predicted molar refractivity (Wildman–Crippen MR) is 107 cm³/mol. The maximum absolute atomic E-state index is 7.00. The zero-order valence-electron chi connectivity index (χ0n) is 14.6. The van der Waals surface area contributed by atoms with Gasteiger partial charge in [0.1, 0.15) is 0 Å². The average molecular weight is 401 g/mol. The first-order chi connectivity index (χ1) is 12.8. The van der Waals surface area contributed by atoms with E-state index in [0.717, 1.165) is 52.0 Å². The number of nitrogens with one attached hydrogen (secondary N) is 2. The van der Waals surface area contributed by atoms with Gasteiger partial charge in [-0.3, -0.25) is 0 Å². The molecule has 6 heteroatoms. The van der Waals surface area contributed by atoms with Crippen LogP contribution in [0.2, 0.25) is 0 Å². The van der Waals surface area contributed by atoms with Gasteiger partial charge in [0.05, 0.1) is 22.8 Å². The number of nitrogens with zero attached hydrogens (tertiary/aromatic N) is 2. The Morgan fingerprint density at radius 2 is 0.815 bits per heavy atom. The number of aromatic amines is 2. The van der Waals surface area contributed by atoms with Crippen molar-refractivity contribution in [1.82, 2.24) is 19.9 Å². The van der Waals surface area contributed by atoms with Gasteiger partial charge in [0.25, 0.3) is 0 Å². The van der Waals surface area contributed by atoms with E-state index in [2.05, 4.69) is 44.2 Å². The molecule has 0 aromatic carbocycles. The Kier molecular flexibility index (Phi) is 5.71. The minimum atomic E-state index is 0. The van der Waals surface area contributed by atoms with Gasteiger partial charge >= 0.3 is 0 Å². The average Bonchev–Trinajstić information content (AvgIpc) is 3.42. The van der Waals surface area contributed by atoms with Crippen LogP contribution >= 0.6 is 0 Å². The normalized spacial score (nSPS) is 11.5. The molecule has 0 saturated heterocycles. The molecule has 0 amide bonds. The van der Waals surface area contributed by atoms with Crippen molar-refractivity contribution in [3.05, 3.63) is 71.3 Å². The Bertz CT molecular complexity index is 997. The minimum Gasteiger partial charge on any atom is -0.400 e. The fourth-order valence-corrected chi connectivity index (χ4v) is 2.94. The summed E-state index contributed by atoms with van der Waals surface area (Å²) in [6.45, 7) is 0. The molecule has 0 atom stereocenters. The van der Waals surface area contributed by atoms with Crippen molar-refractivity contribution < 1.29 is 21.9 Å². The second-order valence-electron chi connectivity index (χ2n) is 5.91. The molecule has 0 spiro atoms. The molecule has 3 N–H and O–H groups in total. The number of H-pyrrole nitrogens is 2. The fourth-order valence-electron chi connectivity index (χ4n) is 2.94. The third-order valence-electron chi connectivity index (χ3n) is 4.04. The number of fused-ring (bicyclic) bond motifs is 8. The molecule has 5 heterocycles. The third-order valence-corrected chi connectivity index (χ3v) is 4.04. The predicted octanol–water partition coefficient (Wildman–Crippen LogP) is 4.26. The van der Waals surface area contributed by atoms with E-state index >= 15 is 0 Å². The van der Waals surface area contributed by atoms with Crippen molar-refractivity contribution in [3.63, 3.8) is 0 Å². The molecule has 137 valence electrons. The van der Waals surface area contributed by atoms with Gasteiger partial charge in [-0.15, -0.1) is 0 Å². The molecule has 0 fully saturated rings. The molecule has 5 rings (SSSR count). The van der Waals surface area contributed by atoms with Crippen molar-refractivity contribution in [3.8, 4) is 0 Å². The smallest absolute Gasteiger partial charge is 0.0658 e. The standard InChI is InChI=1S/C20H14N4.CH4O.Co/c1-2-14-10-16-5-6-18(23-16)12-20-8-7-19(24-20)11-17-4-3-15(22-17)9-13(1)21-14;1-2;/h1-12,21,24H;2H,1H3;. The van der Waals surface area contributed by atoms with Crippen LogP contribution in [-0.4, -0.2) is 32.2 Å². The third kappa shape index (κ3) is 4.25. The number of hydrogen-bond donors (Lipinski definition) is 3. The SMILES string of the molecule is C1=Cc2cc3ccc(cc4nc(cc5ccc(cc1n2)[nH]5)C=C4)[nH]3.CO.[Co]. The Morgan fingerprint density at radius 1 is 0.556 bits per heavy atom. The van der Waals surface area contributed by atoms with Gasteiger partial charge in [-0.25, -0.2) is 9.97 Å². The van der Waals surface area contributed by atoms with Crippen LogP contribution in [0.1, 0.15) is 22.8 Å². The fraction of sp³-hybridized carbons (Fsp3) is 0.0476. The summed E-state index contributed by atoms with van der Waals surface area (Å²) in [6, 6.07) is 16.4. The minimum absolute atomic E-state index is 0. The second kappa shape index (κ2) is 8.17. The quantitative estimate of drug-likeness (QED) is 0.363. The van der Waals surface area contributed by atoms with E-state index in [1.807, 2.05) is 48.6 Å². The summed E-state index contributed by atoms with van der Waals surface area (Å²) < 4.78 is 0. The van der Waals surface area contributed by atoms with E-state index in [4.69, 9.17) is 5.11 Å². The van der Waals surface area contributed by atoms with Gasteiger partial charge in [0.15, 0.2) is 0 Å². The van der Waals surface area contributed by atoms with Gasteiger partial charge in [-0.05, 0) is 72.8 Å². The monoisotopic (exact) mass is 401 g/mol. The molecule has 0 saturated carbocycles. The first kappa shape index (κ1) is 18.8. The molecule has 0 unspecified atom stereocenters. The zero-order valence-corrected chi connectivity index (χ0v) is 15.6. The number of aromatic nitrogens is 4. The summed E-state index contributed by atoms with van der Waals surface area (Å²) in [7, 11) is 1.00. The summed E-state index contributed by atoms with van der Waals surface area (Å²) in [5.74, 6) is 0. The van der Waals surface area contributed by atoms with Crippen LogP contribution in [0.3, 0.4) is 0 Å². The maximum Gasteiger partial charge on any atom is 0.0658 e. The van der Waals surface area contributed by atoms with Crippen LogP contribution in [0.5, 0.6) is 0 Å². The summed E-state index contributed by atoms with van der Waals surface area (Å²) >= 11 is 0. The van der Waals surface area contributed by atoms with Crippen molar-refractivity contribution >= 4 is 46.4 Å². The summed E-state index contributed by atoms with van der Waals surface area (Å²) in [4.78, 5) is 16.0. The summed E-state index contributed by atoms with van der Waals surface area (Å²) in [6.07, 6.45) is 8.09. The molecule has 8 bridgehead atoms. The topological polar surface area (TPSA) is 77.6 Å². The molecule has 3 aromatic rings. The number of aliphatic hydroxyl groups excluding tert-OH is 1. The van der Waals surface area contributed by atoms with E-state index in [9.17, 15) is 0 Å². The number of aliphatic hydroxyl groups is 1. The van der Waals surface area contributed by atoms with Crippen molar-refractivity contribution in [2.75, 3.05) is 7.11 Å². The first-order valence-corrected chi connectivity index (χ1v) is 8.29. The van der Waals surface area contributed by atoms with Crippen LogP contribution in [0, 0.1) is 0 Å². The van der Waals surface area contributed by atoms with E-state index < -0.39 is 0 Å². The zero-order chi connectivity index (χ0) is 17.9. The number of rotatable bonds is 0. The molecule has 1 radical (unpaired) electrons. The van der Waals surface area contributed by atoms with Gasteiger partial charge < -0.3 is 15.1 Å². The van der Waals surface area contributed by atoms with Crippen LogP contribution in [0.15, 0.2) is 48.5 Å². The maximum atomic E-state index is 7.00. The van der Waals surface area contributed by atoms with Crippen molar-refractivity contribution in [2.24, 2.45) is 0 Å². The molecule has 2 aliphatic rings. The molecular formula is C21H18CoN4O. The van der Waals surface area contributed by atoms with Crippen molar-refractivity contribution in [1.29, 1.82) is 0 Å². The second-order valence-corrected chi connectivity index (χ2v) is 5.91.